The molecule has 0 aliphatic carbocycles. The van der Waals surface area contributed by atoms with Crippen LogP contribution in [0.1, 0.15) is 25.1 Å². The third kappa shape index (κ3) is 5.90. The average Bonchev–Trinajstić information content (AvgIpc) is 3.27. The summed E-state index contributed by atoms with van der Waals surface area (Å²) >= 11 is 0. The zero-order valence-electron chi connectivity index (χ0n) is 19.5. The molecule has 0 unspecified atom stereocenters. The Bertz CT molecular complexity index is 1410. The fourth-order valence-corrected chi connectivity index (χ4v) is 4.28. The van der Waals surface area contributed by atoms with Crippen LogP contribution in [0.3, 0.4) is 0 Å². The van der Waals surface area contributed by atoms with Gasteiger partial charge >= 0.3 is 0 Å². The number of nitrogens with zero attached hydrogens (tertiary/aromatic N) is 4. The molecule has 0 saturated heterocycles. The minimum Gasteiger partial charge on any atom is -0.438 e. The molecule has 35 heavy (non-hydrogen) atoms. The molecule has 0 fully saturated rings. The van der Waals surface area contributed by atoms with Crippen LogP contribution >= 0.6 is 0 Å². The number of nitrogens with one attached hydrogen (secondary N) is 1. The van der Waals surface area contributed by atoms with Crippen molar-refractivity contribution in [2.75, 3.05) is 5.32 Å². The highest BCUT2D eigenvalue weighted by atomic mass is 32.2. The first-order valence-corrected chi connectivity index (χ1v) is 12.5. The van der Waals surface area contributed by atoms with Crippen LogP contribution in [0.5, 0.6) is 11.6 Å². The second-order valence-corrected chi connectivity index (χ2v) is 10.7. The summed E-state index contributed by atoms with van der Waals surface area (Å²) in [5.74, 6) is 1.24. The monoisotopic (exact) mass is 491 g/mol. The van der Waals surface area contributed by atoms with E-state index in [1.54, 1.807) is 73.3 Å². The van der Waals surface area contributed by atoms with Crippen molar-refractivity contribution >= 4 is 21.4 Å². The lowest BCUT2D eigenvalue weighted by Gasteiger charge is -2.09. The maximum absolute atomic E-state index is 12.4. The molecule has 1 amide bonds. The van der Waals surface area contributed by atoms with Gasteiger partial charge in [-0.3, -0.25) is 4.79 Å². The SMILES string of the molecule is Cc1ccn(-c2ccc(Oc3ccc(NC(=O)Cc4ccc(S(=O)(=O)C(C)C)cc4)cc3)nn2)n1. The number of hydrogen-bond donors (Lipinski definition) is 1. The molecule has 2 aromatic heterocycles. The van der Waals surface area contributed by atoms with Crippen LogP contribution in [-0.4, -0.2) is 39.6 Å². The lowest BCUT2D eigenvalue weighted by Crippen LogP contribution is -2.15. The lowest BCUT2D eigenvalue weighted by atomic mass is 10.1. The smallest absolute Gasteiger partial charge is 0.238 e. The number of carbonyl (C=O) groups is 1. The predicted molar refractivity (Wildman–Crippen MR) is 132 cm³/mol. The quantitative estimate of drug-likeness (QED) is 0.394. The Morgan fingerprint density at radius 1 is 0.971 bits per heavy atom. The zero-order valence-corrected chi connectivity index (χ0v) is 20.4. The van der Waals surface area contributed by atoms with Gasteiger partial charge in [-0.05, 0) is 74.9 Å². The van der Waals surface area contributed by atoms with Gasteiger partial charge in [0.2, 0.25) is 11.8 Å². The highest BCUT2D eigenvalue weighted by molar-refractivity contribution is 7.92. The van der Waals surface area contributed by atoms with E-state index >= 15 is 0 Å². The van der Waals surface area contributed by atoms with E-state index in [0.29, 0.717) is 23.1 Å². The Labute approximate surface area is 203 Å². The summed E-state index contributed by atoms with van der Waals surface area (Å²) in [4.78, 5) is 12.7. The molecule has 4 rings (SSSR count). The molecule has 0 radical (unpaired) electrons. The van der Waals surface area contributed by atoms with E-state index in [1.165, 1.54) is 12.1 Å². The molecule has 180 valence electrons. The van der Waals surface area contributed by atoms with E-state index < -0.39 is 15.1 Å². The molecule has 1 N–H and O–H groups in total. The number of aromatic nitrogens is 4. The van der Waals surface area contributed by atoms with Gasteiger partial charge in [0.1, 0.15) is 5.75 Å². The lowest BCUT2D eigenvalue weighted by molar-refractivity contribution is -0.115. The second kappa shape index (κ2) is 10.1. The number of carbonyl (C=O) groups excluding carboxylic acids is 1. The third-order valence-electron chi connectivity index (χ3n) is 5.18. The largest absolute Gasteiger partial charge is 0.438 e. The topological polar surface area (TPSA) is 116 Å². The first-order valence-electron chi connectivity index (χ1n) is 11.0. The van der Waals surface area contributed by atoms with Crippen LogP contribution in [0.15, 0.2) is 77.8 Å². The highest BCUT2D eigenvalue weighted by Crippen LogP contribution is 2.22. The molecule has 0 bridgehead atoms. The van der Waals surface area contributed by atoms with E-state index in [4.69, 9.17) is 4.74 Å². The van der Waals surface area contributed by atoms with Crippen molar-refractivity contribution in [1.29, 1.82) is 0 Å². The van der Waals surface area contributed by atoms with Crippen molar-refractivity contribution in [2.45, 2.75) is 37.3 Å². The van der Waals surface area contributed by atoms with Gasteiger partial charge in [0, 0.05) is 18.0 Å². The number of rotatable bonds is 8. The van der Waals surface area contributed by atoms with Gasteiger partial charge in [-0.2, -0.15) is 5.10 Å². The van der Waals surface area contributed by atoms with Crippen molar-refractivity contribution in [3.8, 4) is 17.4 Å². The van der Waals surface area contributed by atoms with Crippen molar-refractivity contribution < 1.29 is 17.9 Å². The number of sulfone groups is 1. The molecule has 0 saturated carbocycles. The summed E-state index contributed by atoms with van der Waals surface area (Å²) in [6.45, 7) is 5.17. The Hall–Kier alpha value is -4.05. The average molecular weight is 492 g/mol. The summed E-state index contributed by atoms with van der Waals surface area (Å²) < 4.78 is 31.8. The standard InChI is InChI=1S/C25H25N5O4S/c1-17(2)35(32,33)22-10-4-19(5-11-22)16-24(31)26-20-6-8-21(9-7-20)34-25-13-12-23(27-28-25)30-15-14-18(3)29-30/h4-15,17H,16H2,1-3H3,(H,26,31). The molecule has 2 heterocycles. The molecule has 2 aromatic carbocycles. The van der Waals surface area contributed by atoms with E-state index in [0.717, 1.165) is 11.3 Å². The number of hydrogen-bond acceptors (Lipinski definition) is 7. The summed E-state index contributed by atoms with van der Waals surface area (Å²) in [7, 11) is -3.34. The van der Waals surface area contributed by atoms with E-state index in [9.17, 15) is 13.2 Å². The van der Waals surface area contributed by atoms with Gasteiger partial charge in [0.15, 0.2) is 15.7 Å². The maximum Gasteiger partial charge on any atom is 0.238 e. The second-order valence-electron chi connectivity index (χ2n) is 8.22. The van der Waals surface area contributed by atoms with Gasteiger partial charge in [-0.25, -0.2) is 13.1 Å². The summed E-state index contributed by atoms with van der Waals surface area (Å²) in [6, 6.07) is 18.6. The number of benzene rings is 2. The van der Waals surface area contributed by atoms with Crippen LogP contribution in [0.25, 0.3) is 5.82 Å². The summed E-state index contributed by atoms with van der Waals surface area (Å²) in [5.41, 5.74) is 2.21. The minimum atomic E-state index is -3.34. The summed E-state index contributed by atoms with van der Waals surface area (Å²) in [6.07, 6.45) is 1.93. The van der Waals surface area contributed by atoms with Crippen molar-refractivity contribution in [3.63, 3.8) is 0 Å². The van der Waals surface area contributed by atoms with E-state index in [2.05, 4.69) is 20.6 Å². The van der Waals surface area contributed by atoms with Crippen LogP contribution in [-0.2, 0) is 21.1 Å². The van der Waals surface area contributed by atoms with E-state index in [-0.39, 0.29) is 17.2 Å². The van der Waals surface area contributed by atoms with Gasteiger partial charge in [0.05, 0.1) is 22.3 Å². The normalized spacial score (nSPS) is 11.4. The molecule has 9 nitrogen and oxygen atoms in total. The van der Waals surface area contributed by atoms with Gasteiger partial charge < -0.3 is 10.1 Å². The fourth-order valence-electron chi connectivity index (χ4n) is 3.22. The number of amides is 1. The van der Waals surface area contributed by atoms with Crippen LogP contribution in [0.2, 0.25) is 0 Å². The third-order valence-corrected chi connectivity index (χ3v) is 7.35. The molecule has 0 spiro atoms. The van der Waals surface area contributed by atoms with Crippen molar-refractivity contribution in [2.24, 2.45) is 0 Å². The Kier molecular flexibility index (Phi) is 6.92. The van der Waals surface area contributed by atoms with Gasteiger partial charge in [-0.1, -0.05) is 12.1 Å². The number of anilines is 1. The number of aryl methyl sites for hydroxylation is 1. The maximum atomic E-state index is 12.4. The van der Waals surface area contributed by atoms with Gasteiger partial charge in [0.25, 0.3) is 0 Å². The van der Waals surface area contributed by atoms with E-state index in [1.807, 2.05) is 13.0 Å². The minimum absolute atomic E-state index is 0.123. The van der Waals surface area contributed by atoms with Gasteiger partial charge in [-0.15, -0.1) is 10.2 Å². The van der Waals surface area contributed by atoms with Crippen LogP contribution < -0.4 is 10.1 Å². The van der Waals surface area contributed by atoms with Crippen molar-refractivity contribution in [3.05, 3.63) is 84.2 Å². The molecular weight excluding hydrogens is 466 g/mol. The molecule has 4 aromatic rings. The predicted octanol–water partition coefficient (Wildman–Crippen LogP) is 4.13. The Balaban J connectivity index is 1.32. The first kappa shape index (κ1) is 24.1. The Morgan fingerprint density at radius 3 is 2.26 bits per heavy atom. The Morgan fingerprint density at radius 2 is 1.69 bits per heavy atom. The summed E-state index contributed by atoms with van der Waals surface area (Å²) in [5, 5.41) is 14.8. The van der Waals surface area contributed by atoms with Crippen LogP contribution in [0.4, 0.5) is 5.69 Å². The molecule has 0 aliphatic rings. The number of ether oxygens (including phenoxy) is 1. The molecule has 0 atom stereocenters. The highest BCUT2D eigenvalue weighted by Gasteiger charge is 2.18. The zero-order chi connectivity index (χ0) is 25.0. The molecular formula is C25H25N5O4S. The molecule has 0 aliphatic heterocycles. The van der Waals surface area contributed by atoms with Crippen LogP contribution in [0, 0.1) is 6.92 Å². The fraction of sp³-hybridized carbons (Fsp3) is 0.200. The first-order chi connectivity index (χ1) is 16.7. The van der Waals surface area contributed by atoms with Crippen molar-refractivity contribution in [1.82, 2.24) is 20.0 Å². The molecule has 10 heteroatoms.